The van der Waals surface area contributed by atoms with Gasteiger partial charge in [0.05, 0.1) is 4.88 Å². The lowest BCUT2D eigenvalue weighted by atomic mass is 9.93. The minimum Gasteiger partial charge on any atom is -0.368 e. The van der Waals surface area contributed by atoms with E-state index in [1.165, 1.54) is 36.7 Å². The Morgan fingerprint density at radius 1 is 0.778 bits per heavy atom. The number of hydrogen-bond acceptors (Lipinski definition) is 3. The van der Waals surface area contributed by atoms with E-state index in [1.807, 2.05) is 22.7 Å². The van der Waals surface area contributed by atoms with E-state index < -0.39 is 0 Å². The molecule has 0 amide bonds. The van der Waals surface area contributed by atoms with Gasteiger partial charge in [0.1, 0.15) is 13.2 Å². The van der Waals surface area contributed by atoms with Crippen molar-refractivity contribution < 1.29 is 4.74 Å². The summed E-state index contributed by atoms with van der Waals surface area (Å²) in [5, 5.41) is 2.36. The molecule has 0 atom stereocenters. The Morgan fingerprint density at radius 3 is 2.22 bits per heavy atom. The molecule has 0 N–H and O–H groups in total. The van der Waals surface area contributed by atoms with E-state index in [1.54, 1.807) is 0 Å². The summed E-state index contributed by atoms with van der Waals surface area (Å²) in [5.74, 6) is 0. The molecule has 0 radical (unpaired) electrons. The molecule has 1 aliphatic heterocycles. The molecule has 4 bridgehead atoms. The van der Waals surface area contributed by atoms with Crippen molar-refractivity contribution in [3.63, 3.8) is 0 Å². The third-order valence-electron chi connectivity index (χ3n) is 5.58. The molecule has 2 nitrogen and oxygen atoms in total. The Kier molecular flexibility index (Phi) is 4.95. The number of ether oxygens (including phenoxy) is 1. The first kappa shape index (κ1) is 17.4. The molecule has 2 aromatic carbocycles. The molecule has 1 fully saturated rings. The van der Waals surface area contributed by atoms with Gasteiger partial charge in [0.2, 0.25) is 0 Å². The fraction of sp³-hybridized carbons (Fsp3) is 0.348. The van der Waals surface area contributed by atoms with Crippen LogP contribution < -0.4 is 8.56 Å². The zero-order valence-electron chi connectivity index (χ0n) is 15.4. The maximum absolute atomic E-state index is 5.51. The number of nitrogens with zero attached hydrogens (tertiary/aromatic N) is 1. The highest BCUT2D eigenvalue weighted by Gasteiger charge is 2.16. The topological polar surface area (TPSA) is 12.2 Å². The average molecular weight is 395 g/mol. The van der Waals surface area contributed by atoms with Crippen LogP contribution in [0.25, 0.3) is 10.4 Å². The summed E-state index contributed by atoms with van der Waals surface area (Å²) in [6.07, 6.45) is 4.44. The van der Waals surface area contributed by atoms with Crippen LogP contribution in [0.3, 0.4) is 0 Å². The number of aryl methyl sites for hydroxylation is 4. The summed E-state index contributed by atoms with van der Waals surface area (Å²) < 4.78 is 9.41. The van der Waals surface area contributed by atoms with Crippen LogP contribution in [0.1, 0.15) is 22.3 Å². The highest BCUT2D eigenvalue weighted by Crippen LogP contribution is 2.30. The van der Waals surface area contributed by atoms with E-state index in [-0.39, 0.29) is 0 Å². The normalized spacial score (nSPS) is 17.0. The molecular weight excluding hydrogens is 370 g/mol. The minimum atomic E-state index is 0.846. The van der Waals surface area contributed by atoms with Crippen molar-refractivity contribution in [3.05, 3.63) is 74.1 Å². The van der Waals surface area contributed by atoms with Gasteiger partial charge in [-0.15, -0.1) is 0 Å². The molecule has 1 saturated heterocycles. The first-order valence-electron chi connectivity index (χ1n) is 9.79. The predicted octanol–water partition coefficient (Wildman–Crippen LogP) is 4.16. The van der Waals surface area contributed by atoms with E-state index in [0.29, 0.717) is 0 Å². The lowest BCUT2D eigenvalue weighted by molar-refractivity contribution is 0.0976. The number of hydrogen-bond donors (Lipinski definition) is 0. The third kappa shape index (κ3) is 3.79. The molecule has 27 heavy (non-hydrogen) atoms. The molecule has 3 aromatic rings. The van der Waals surface area contributed by atoms with Crippen molar-refractivity contribution in [2.24, 2.45) is 0 Å². The first-order valence-corrected chi connectivity index (χ1v) is 11.5. The summed E-state index contributed by atoms with van der Waals surface area (Å²) in [7, 11) is 0. The fourth-order valence-corrected chi connectivity index (χ4v) is 6.33. The number of morpholine rings is 1. The second-order valence-corrected chi connectivity index (χ2v) is 9.52. The van der Waals surface area contributed by atoms with Gasteiger partial charge in [-0.05, 0) is 53.5 Å². The summed E-state index contributed by atoms with van der Waals surface area (Å²) in [6.45, 7) is 3.72. The van der Waals surface area contributed by atoms with E-state index in [2.05, 4.69) is 52.4 Å². The molecule has 0 spiro atoms. The van der Waals surface area contributed by atoms with Gasteiger partial charge in [0.25, 0.3) is 0 Å². The lowest BCUT2D eigenvalue weighted by Crippen LogP contribution is -2.37. The highest BCUT2D eigenvalue weighted by atomic mass is 32.2. The number of benzene rings is 2. The smallest absolute Gasteiger partial charge is 0.314 e. The van der Waals surface area contributed by atoms with Gasteiger partial charge in [-0.3, -0.25) is 0 Å². The summed E-state index contributed by atoms with van der Waals surface area (Å²) in [6, 6.07) is 16.4. The molecule has 0 unspecified atom stereocenters. The van der Waals surface area contributed by atoms with Crippen LogP contribution in [0.4, 0.5) is 0 Å². The fourth-order valence-electron chi connectivity index (χ4n) is 3.92. The molecule has 4 aliphatic carbocycles. The molecule has 1 aromatic heterocycles. The van der Waals surface area contributed by atoms with E-state index >= 15 is 0 Å². The van der Waals surface area contributed by atoms with E-state index in [9.17, 15) is 0 Å². The van der Waals surface area contributed by atoms with Crippen molar-refractivity contribution >= 4 is 22.7 Å². The molecule has 4 heteroatoms. The van der Waals surface area contributed by atoms with Gasteiger partial charge >= 0.3 is 3.98 Å². The van der Waals surface area contributed by atoms with Gasteiger partial charge in [-0.25, -0.2) is 4.58 Å². The van der Waals surface area contributed by atoms with Gasteiger partial charge in [0.15, 0.2) is 13.1 Å². The second-order valence-electron chi connectivity index (χ2n) is 7.38. The van der Waals surface area contributed by atoms with Gasteiger partial charge < -0.3 is 4.74 Å². The Labute approximate surface area is 168 Å². The first-order chi connectivity index (χ1) is 13.3. The lowest BCUT2D eigenvalue weighted by Gasteiger charge is -2.13. The van der Waals surface area contributed by atoms with Crippen LogP contribution in [-0.4, -0.2) is 26.3 Å². The molecule has 0 saturated carbocycles. The molecule has 5 aliphatic rings. The van der Waals surface area contributed by atoms with Gasteiger partial charge in [0, 0.05) is 5.38 Å². The Bertz CT molecular complexity index is 1010. The highest BCUT2D eigenvalue weighted by molar-refractivity contribution is 7.28. The molecular formula is C23H24NOS2+. The minimum absolute atomic E-state index is 0.846. The predicted molar refractivity (Wildman–Crippen MR) is 115 cm³/mol. The van der Waals surface area contributed by atoms with Crippen LogP contribution in [-0.2, 0) is 30.4 Å². The maximum Gasteiger partial charge on any atom is 0.314 e. The maximum atomic E-state index is 5.51. The second kappa shape index (κ2) is 7.70. The van der Waals surface area contributed by atoms with Crippen molar-refractivity contribution in [2.45, 2.75) is 25.7 Å². The Balaban J connectivity index is 1.54. The standard InChI is InChI=1S/C23H24NOS2/c1-3-18-4-2-17(1)5-6-19-8-10-20(9-7-18)21(15-19)22-16-26-23(27-22)24-11-13-25-14-12-24/h1-4,8,10,15-16H,5-7,9,11-14H2/q+1. The Morgan fingerprint density at radius 2 is 1.44 bits per heavy atom. The van der Waals surface area contributed by atoms with Crippen LogP contribution in [0.2, 0.25) is 0 Å². The molecule has 2 heterocycles. The van der Waals surface area contributed by atoms with Crippen LogP contribution in [0.15, 0.2) is 47.8 Å². The quantitative estimate of drug-likeness (QED) is 0.565. The van der Waals surface area contributed by atoms with Crippen molar-refractivity contribution in [1.29, 1.82) is 0 Å². The zero-order valence-corrected chi connectivity index (χ0v) is 17.1. The van der Waals surface area contributed by atoms with E-state index in [4.69, 9.17) is 4.74 Å². The van der Waals surface area contributed by atoms with Crippen LogP contribution >= 0.6 is 22.7 Å². The summed E-state index contributed by atoms with van der Waals surface area (Å²) in [5.41, 5.74) is 7.26. The zero-order chi connectivity index (χ0) is 18.1. The SMILES string of the molecule is c1cc2ccc1CCc1ccc(c(-c3csc(=[N+]4CCOCC4)s3)c1)CC2. The van der Waals surface area contributed by atoms with Crippen LogP contribution in [0, 0.1) is 0 Å². The molecule has 8 rings (SSSR count). The van der Waals surface area contributed by atoms with E-state index in [0.717, 1.165) is 52.0 Å². The summed E-state index contributed by atoms with van der Waals surface area (Å²) >= 11 is 3.84. The third-order valence-corrected chi connectivity index (χ3v) is 8.07. The van der Waals surface area contributed by atoms with Gasteiger partial charge in [-0.2, -0.15) is 0 Å². The monoisotopic (exact) mass is 394 g/mol. The number of rotatable bonds is 1. The Hall–Kier alpha value is -1.75. The van der Waals surface area contributed by atoms with Gasteiger partial charge in [-0.1, -0.05) is 65.1 Å². The summed E-state index contributed by atoms with van der Waals surface area (Å²) in [4.78, 5) is 1.42. The molecule has 138 valence electrons. The largest absolute Gasteiger partial charge is 0.368 e. The average Bonchev–Trinajstić information content (AvgIpc) is 3.21. The van der Waals surface area contributed by atoms with Crippen molar-refractivity contribution in [2.75, 3.05) is 26.3 Å². The van der Waals surface area contributed by atoms with Crippen molar-refractivity contribution in [1.82, 2.24) is 4.58 Å². The van der Waals surface area contributed by atoms with Crippen LogP contribution in [0.5, 0.6) is 0 Å². The van der Waals surface area contributed by atoms with Crippen molar-refractivity contribution in [3.8, 4) is 10.4 Å².